The van der Waals surface area contributed by atoms with Gasteiger partial charge in [0.1, 0.15) is 11.6 Å². The van der Waals surface area contributed by atoms with Gasteiger partial charge in [0, 0.05) is 6.20 Å². The third-order valence-electron chi connectivity index (χ3n) is 2.43. The van der Waals surface area contributed by atoms with Crippen molar-refractivity contribution >= 4 is 5.52 Å². The van der Waals surface area contributed by atoms with Gasteiger partial charge in [-0.1, -0.05) is 6.07 Å². The number of imidazole rings is 1. The minimum atomic E-state index is 0.727. The van der Waals surface area contributed by atoms with Gasteiger partial charge in [-0.3, -0.25) is 0 Å². The SMILES string of the molecule is c1coc(Cc2ncc3ccccn23)c1. The molecule has 0 amide bonds. The molecule has 3 rings (SSSR count). The van der Waals surface area contributed by atoms with Crippen molar-refractivity contribution in [1.82, 2.24) is 9.38 Å². The molecule has 0 unspecified atom stereocenters. The zero-order chi connectivity index (χ0) is 10.1. The average Bonchev–Trinajstić information content (AvgIpc) is 2.89. The van der Waals surface area contributed by atoms with Crippen molar-refractivity contribution in [2.75, 3.05) is 0 Å². The lowest BCUT2D eigenvalue weighted by atomic mass is 10.3. The van der Waals surface area contributed by atoms with E-state index in [-0.39, 0.29) is 0 Å². The first-order valence-corrected chi connectivity index (χ1v) is 4.87. The van der Waals surface area contributed by atoms with Gasteiger partial charge in [-0.2, -0.15) is 0 Å². The zero-order valence-electron chi connectivity index (χ0n) is 8.13. The minimum absolute atomic E-state index is 0.727. The fraction of sp³-hybridized carbons (Fsp3) is 0.0833. The summed E-state index contributed by atoms with van der Waals surface area (Å²) < 4.78 is 7.37. The highest BCUT2D eigenvalue weighted by atomic mass is 16.3. The van der Waals surface area contributed by atoms with Crippen LogP contribution in [0.15, 0.2) is 53.4 Å². The second-order valence-corrected chi connectivity index (χ2v) is 3.43. The van der Waals surface area contributed by atoms with Crippen LogP contribution in [-0.4, -0.2) is 9.38 Å². The average molecular weight is 198 g/mol. The van der Waals surface area contributed by atoms with Crippen LogP contribution in [0.5, 0.6) is 0 Å². The molecule has 3 nitrogen and oxygen atoms in total. The molecule has 3 aromatic rings. The first-order valence-electron chi connectivity index (χ1n) is 4.87. The number of aromatic nitrogens is 2. The lowest BCUT2D eigenvalue weighted by molar-refractivity contribution is 0.516. The van der Waals surface area contributed by atoms with E-state index in [2.05, 4.69) is 9.38 Å². The van der Waals surface area contributed by atoms with Crippen LogP contribution in [0.25, 0.3) is 5.52 Å². The number of rotatable bonds is 2. The molecular formula is C12H10N2O. The van der Waals surface area contributed by atoms with Crippen LogP contribution in [0.2, 0.25) is 0 Å². The van der Waals surface area contributed by atoms with Gasteiger partial charge in [-0.25, -0.2) is 4.98 Å². The van der Waals surface area contributed by atoms with Gasteiger partial charge in [0.05, 0.1) is 24.4 Å². The van der Waals surface area contributed by atoms with Crippen molar-refractivity contribution in [3.05, 3.63) is 60.6 Å². The second-order valence-electron chi connectivity index (χ2n) is 3.43. The molecule has 0 atom stereocenters. The van der Waals surface area contributed by atoms with Gasteiger partial charge >= 0.3 is 0 Å². The Balaban J connectivity index is 2.05. The monoisotopic (exact) mass is 198 g/mol. The van der Waals surface area contributed by atoms with Crippen LogP contribution in [-0.2, 0) is 6.42 Å². The second kappa shape index (κ2) is 3.28. The van der Waals surface area contributed by atoms with Crippen LogP contribution >= 0.6 is 0 Å². The molecule has 0 spiro atoms. The molecule has 0 saturated heterocycles. The van der Waals surface area contributed by atoms with Crippen LogP contribution in [0, 0.1) is 0 Å². The quantitative estimate of drug-likeness (QED) is 0.633. The molecule has 0 fully saturated rings. The Morgan fingerprint density at radius 3 is 3.07 bits per heavy atom. The molecule has 3 heterocycles. The van der Waals surface area contributed by atoms with E-state index in [1.165, 1.54) is 0 Å². The van der Waals surface area contributed by atoms with Crippen molar-refractivity contribution < 1.29 is 4.42 Å². The number of furan rings is 1. The molecule has 74 valence electrons. The predicted molar refractivity (Wildman–Crippen MR) is 56.7 cm³/mol. The van der Waals surface area contributed by atoms with Gasteiger partial charge in [0.2, 0.25) is 0 Å². The van der Waals surface area contributed by atoms with E-state index in [1.54, 1.807) is 6.26 Å². The standard InChI is InChI=1S/C12H10N2O/c1-2-6-14-10(4-1)9-13-12(14)8-11-5-3-7-15-11/h1-7,9H,8H2. The Morgan fingerprint density at radius 2 is 2.20 bits per heavy atom. The van der Waals surface area contributed by atoms with Crippen molar-refractivity contribution in [3.8, 4) is 0 Å². The summed E-state index contributed by atoms with van der Waals surface area (Å²) >= 11 is 0. The lowest BCUT2D eigenvalue weighted by Crippen LogP contribution is -1.94. The summed E-state index contributed by atoms with van der Waals surface area (Å²) in [5.74, 6) is 1.94. The molecule has 0 aliphatic rings. The van der Waals surface area contributed by atoms with Crippen LogP contribution in [0.3, 0.4) is 0 Å². The Kier molecular flexibility index (Phi) is 1.81. The molecule has 3 heteroatoms. The molecule has 0 N–H and O–H groups in total. The molecule has 0 aromatic carbocycles. The lowest BCUT2D eigenvalue weighted by Gasteiger charge is -1.98. The fourth-order valence-corrected chi connectivity index (χ4v) is 1.70. The van der Waals surface area contributed by atoms with Crippen molar-refractivity contribution in [1.29, 1.82) is 0 Å². The van der Waals surface area contributed by atoms with E-state index in [0.717, 1.165) is 23.5 Å². The van der Waals surface area contributed by atoms with E-state index < -0.39 is 0 Å². The molecular weight excluding hydrogens is 188 g/mol. The Bertz CT molecular complexity index is 566. The van der Waals surface area contributed by atoms with E-state index >= 15 is 0 Å². The molecule has 0 radical (unpaired) electrons. The highest BCUT2D eigenvalue weighted by Crippen LogP contribution is 2.11. The maximum atomic E-state index is 5.30. The van der Waals surface area contributed by atoms with Crippen LogP contribution < -0.4 is 0 Å². The van der Waals surface area contributed by atoms with E-state index in [4.69, 9.17) is 4.42 Å². The number of hydrogen-bond acceptors (Lipinski definition) is 2. The number of fused-ring (bicyclic) bond motifs is 1. The maximum absolute atomic E-state index is 5.30. The zero-order valence-corrected chi connectivity index (χ0v) is 8.13. The van der Waals surface area contributed by atoms with Gasteiger partial charge in [-0.05, 0) is 24.3 Å². The fourth-order valence-electron chi connectivity index (χ4n) is 1.70. The highest BCUT2D eigenvalue weighted by Gasteiger charge is 2.04. The van der Waals surface area contributed by atoms with E-state index in [1.807, 2.05) is 42.7 Å². The molecule has 0 aliphatic carbocycles. The summed E-state index contributed by atoms with van der Waals surface area (Å²) in [6.45, 7) is 0. The topological polar surface area (TPSA) is 30.4 Å². The summed E-state index contributed by atoms with van der Waals surface area (Å²) in [7, 11) is 0. The number of hydrogen-bond donors (Lipinski definition) is 0. The van der Waals surface area contributed by atoms with E-state index in [9.17, 15) is 0 Å². The third-order valence-corrected chi connectivity index (χ3v) is 2.43. The summed E-state index contributed by atoms with van der Waals surface area (Å²) in [4.78, 5) is 4.37. The molecule has 15 heavy (non-hydrogen) atoms. The van der Waals surface area contributed by atoms with Crippen LogP contribution in [0.1, 0.15) is 11.6 Å². The highest BCUT2D eigenvalue weighted by molar-refractivity contribution is 5.45. The number of pyridine rings is 1. The first-order chi connectivity index (χ1) is 7.43. The maximum Gasteiger partial charge on any atom is 0.120 e. The summed E-state index contributed by atoms with van der Waals surface area (Å²) in [5, 5.41) is 0. The van der Waals surface area contributed by atoms with Gasteiger partial charge in [0.25, 0.3) is 0 Å². The third kappa shape index (κ3) is 1.42. The molecule has 0 aliphatic heterocycles. The normalized spacial score (nSPS) is 10.9. The van der Waals surface area contributed by atoms with Gasteiger partial charge in [-0.15, -0.1) is 0 Å². The first kappa shape index (κ1) is 8.29. The largest absolute Gasteiger partial charge is 0.469 e. The summed E-state index contributed by atoms with van der Waals surface area (Å²) in [6.07, 6.45) is 6.30. The predicted octanol–water partition coefficient (Wildman–Crippen LogP) is 2.52. The summed E-state index contributed by atoms with van der Waals surface area (Å²) in [5.41, 5.74) is 1.11. The molecule has 0 bridgehead atoms. The van der Waals surface area contributed by atoms with Crippen molar-refractivity contribution in [3.63, 3.8) is 0 Å². The smallest absolute Gasteiger partial charge is 0.120 e. The van der Waals surface area contributed by atoms with Gasteiger partial charge < -0.3 is 8.82 Å². The Morgan fingerprint density at radius 1 is 1.20 bits per heavy atom. The van der Waals surface area contributed by atoms with Crippen LogP contribution in [0.4, 0.5) is 0 Å². The Labute approximate surface area is 87.0 Å². The van der Waals surface area contributed by atoms with Crippen molar-refractivity contribution in [2.24, 2.45) is 0 Å². The van der Waals surface area contributed by atoms with E-state index in [0.29, 0.717) is 0 Å². The van der Waals surface area contributed by atoms with Crippen molar-refractivity contribution in [2.45, 2.75) is 6.42 Å². The number of nitrogens with zero attached hydrogens (tertiary/aromatic N) is 2. The minimum Gasteiger partial charge on any atom is -0.469 e. The summed E-state index contributed by atoms with van der Waals surface area (Å²) in [6, 6.07) is 9.90. The molecule has 3 aromatic heterocycles. The van der Waals surface area contributed by atoms with Gasteiger partial charge in [0.15, 0.2) is 0 Å². The molecule has 0 saturated carbocycles. The Hall–Kier alpha value is -2.03.